The summed E-state index contributed by atoms with van der Waals surface area (Å²) in [6, 6.07) is 13.6. The van der Waals surface area contributed by atoms with Crippen LogP contribution in [-0.2, 0) is 0 Å². The lowest BCUT2D eigenvalue weighted by Gasteiger charge is -2.04. The predicted molar refractivity (Wildman–Crippen MR) is 91.8 cm³/mol. The van der Waals surface area contributed by atoms with Crippen molar-refractivity contribution in [3.8, 4) is 17.6 Å². The van der Waals surface area contributed by atoms with E-state index < -0.39 is 5.91 Å². The third-order valence-corrected chi connectivity index (χ3v) is 3.17. The minimum Gasteiger partial charge on any atom is -0.494 e. The topological polar surface area (TPSA) is 81.4 Å². The smallest absolute Gasteiger partial charge is 0.252 e. The summed E-state index contributed by atoms with van der Waals surface area (Å²) in [6.45, 7) is 2.71. The van der Waals surface area contributed by atoms with E-state index in [-0.39, 0.29) is 12.5 Å². The van der Waals surface area contributed by atoms with Crippen LogP contribution in [0.4, 0.5) is 0 Å². The molecule has 2 aromatic rings. The summed E-state index contributed by atoms with van der Waals surface area (Å²) in [5, 5.41) is 2.72. The van der Waals surface area contributed by atoms with Gasteiger partial charge >= 0.3 is 0 Å². The molecule has 0 spiro atoms. The van der Waals surface area contributed by atoms with Crippen molar-refractivity contribution in [1.82, 2.24) is 5.32 Å². The third kappa shape index (κ3) is 4.89. The highest BCUT2D eigenvalue weighted by Crippen LogP contribution is 2.11. The zero-order chi connectivity index (χ0) is 17.4. The molecular formula is C19H18N2O3. The van der Waals surface area contributed by atoms with Gasteiger partial charge in [-0.2, -0.15) is 0 Å². The second-order valence-electron chi connectivity index (χ2n) is 4.88. The number of primary amides is 1. The quantitative estimate of drug-likeness (QED) is 0.826. The summed E-state index contributed by atoms with van der Waals surface area (Å²) in [6.07, 6.45) is 0. The van der Waals surface area contributed by atoms with Crippen LogP contribution in [0.1, 0.15) is 33.2 Å². The molecule has 0 unspecified atom stereocenters. The van der Waals surface area contributed by atoms with E-state index in [0.717, 1.165) is 11.3 Å². The van der Waals surface area contributed by atoms with E-state index in [1.54, 1.807) is 48.5 Å². The van der Waals surface area contributed by atoms with E-state index in [1.165, 1.54) is 0 Å². The maximum Gasteiger partial charge on any atom is 0.252 e. The highest BCUT2D eigenvalue weighted by molar-refractivity contribution is 5.94. The molecule has 3 N–H and O–H groups in total. The number of hydrogen-bond acceptors (Lipinski definition) is 3. The average Bonchev–Trinajstić information content (AvgIpc) is 2.60. The molecule has 0 heterocycles. The van der Waals surface area contributed by atoms with Crippen LogP contribution < -0.4 is 15.8 Å². The Hall–Kier alpha value is -3.26. The van der Waals surface area contributed by atoms with Gasteiger partial charge in [-0.15, -0.1) is 0 Å². The number of carbonyl (C=O) groups excluding carboxylic acids is 2. The van der Waals surface area contributed by atoms with Crippen LogP contribution in [0, 0.1) is 11.8 Å². The van der Waals surface area contributed by atoms with E-state index in [9.17, 15) is 9.59 Å². The molecule has 0 aliphatic carbocycles. The van der Waals surface area contributed by atoms with E-state index in [4.69, 9.17) is 10.5 Å². The Bertz CT molecular complexity index is 769. The average molecular weight is 322 g/mol. The van der Waals surface area contributed by atoms with E-state index in [2.05, 4.69) is 17.2 Å². The van der Waals surface area contributed by atoms with Crippen molar-refractivity contribution in [1.29, 1.82) is 0 Å². The molecule has 0 fully saturated rings. The summed E-state index contributed by atoms with van der Waals surface area (Å²) in [5.41, 5.74) is 6.90. The van der Waals surface area contributed by atoms with Gasteiger partial charge in [-0.05, 0) is 55.5 Å². The molecule has 0 radical (unpaired) electrons. The summed E-state index contributed by atoms with van der Waals surface area (Å²) in [5.74, 6) is 5.82. The Kier molecular flexibility index (Phi) is 5.98. The zero-order valence-electron chi connectivity index (χ0n) is 13.3. The molecule has 5 nitrogen and oxygen atoms in total. The minimum atomic E-state index is -0.475. The van der Waals surface area contributed by atoms with Crippen LogP contribution in [0.5, 0.6) is 5.75 Å². The fraction of sp³-hybridized carbons (Fsp3) is 0.158. The lowest BCUT2D eigenvalue weighted by atomic mass is 10.1. The van der Waals surface area contributed by atoms with Crippen molar-refractivity contribution < 1.29 is 14.3 Å². The second-order valence-corrected chi connectivity index (χ2v) is 4.88. The van der Waals surface area contributed by atoms with E-state index in [1.807, 2.05) is 6.92 Å². The first kappa shape index (κ1) is 17.1. The van der Waals surface area contributed by atoms with Crippen molar-refractivity contribution in [2.24, 2.45) is 5.73 Å². The van der Waals surface area contributed by atoms with Gasteiger partial charge in [-0.1, -0.05) is 11.8 Å². The fourth-order valence-electron chi connectivity index (χ4n) is 1.96. The Morgan fingerprint density at radius 3 is 2.25 bits per heavy atom. The normalized spacial score (nSPS) is 9.54. The van der Waals surface area contributed by atoms with Crippen LogP contribution in [0.25, 0.3) is 0 Å². The fourth-order valence-corrected chi connectivity index (χ4v) is 1.96. The van der Waals surface area contributed by atoms with Crippen LogP contribution in [-0.4, -0.2) is 25.0 Å². The first-order chi connectivity index (χ1) is 11.6. The minimum absolute atomic E-state index is 0.198. The number of nitrogens with one attached hydrogen (secondary N) is 1. The number of benzene rings is 2. The second kappa shape index (κ2) is 8.39. The van der Waals surface area contributed by atoms with E-state index >= 15 is 0 Å². The molecule has 0 bridgehead atoms. The first-order valence-corrected chi connectivity index (χ1v) is 7.50. The highest BCUT2D eigenvalue weighted by atomic mass is 16.5. The number of carbonyl (C=O) groups is 2. The van der Waals surface area contributed by atoms with Gasteiger partial charge in [-0.3, -0.25) is 9.59 Å². The highest BCUT2D eigenvalue weighted by Gasteiger charge is 2.04. The maximum absolute atomic E-state index is 12.0. The largest absolute Gasteiger partial charge is 0.494 e. The van der Waals surface area contributed by atoms with Gasteiger partial charge < -0.3 is 15.8 Å². The maximum atomic E-state index is 12.0. The van der Waals surface area contributed by atoms with Gasteiger partial charge in [0.05, 0.1) is 13.2 Å². The van der Waals surface area contributed by atoms with Gasteiger partial charge in [0.25, 0.3) is 5.91 Å². The van der Waals surface area contributed by atoms with Crippen LogP contribution in [0.3, 0.4) is 0 Å². The van der Waals surface area contributed by atoms with E-state index in [0.29, 0.717) is 17.7 Å². The molecule has 122 valence electrons. The molecule has 2 rings (SSSR count). The number of hydrogen-bond donors (Lipinski definition) is 2. The first-order valence-electron chi connectivity index (χ1n) is 7.50. The molecule has 0 saturated carbocycles. The van der Waals surface area contributed by atoms with Gasteiger partial charge in [0.15, 0.2) is 0 Å². The summed E-state index contributed by atoms with van der Waals surface area (Å²) >= 11 is 0. The lowest BCUT2D eigenvalue weighted by Crippen LogP contribution is -2.23. The lowest BCUT2D eigenvalue weighted by molar-refractivity contribution is 0.0957. The molecule has 0 aromatic heterocycles. The standard InChI is InChI=1S/C19H18N2O3/c1-2-24-17-11-9-16(10-12-17)19(23)21-13-3-4-14-5-7-15(8-6-14)18(20)22/h5-12H,2,13H2,1H3,(H2,20,22)(H,21,23). The van der Waals surface area contributed by atoms with Gasteiger partial charge in [0.2, 0.25) is 5.91 Å². The molecule has 2 aromatic carbocycles. The molecule has 5 heteroatoms. The van der Waals surface area contributed by atoms with Crippen LogP contribution in [0.15, 0.2) is 48.5 Å². The number of rotatable bonds is 5. The van der Waals surface area contributed by atoms with Gasteiger partial charge in [0.1, 0.15) is 5.75 Å². The molecule has 0 atom stereocenters. The Morgan fingerprint density at radius 2 is 1.67 bits per heavy atom. The Morgan fingerprint density at radius 1 is 1.04 bits per heavy atom. The van der Waals surface area contributed by atoms with Gasteiger partial charge in [-0.25, -0.2) is 0 Å². The summed E-state index contributed by atoms with van der Waals surface area (Å²) in [7, 11) is 0. The monoisotopic (exact) mass is 322 g/mol. The van der Waals surface area contributed by atoms with Crippen LogP contribution >= 0.6 is 0 Å². The molecule has 0 aliphatic heterocycles. The Labute approximate surface area is 140 Å². The van der Waals surface area contributed by atoms with Crippen LogP contribution in [0.2, 0.25) is 0 Å². The number of amides is 2. The van der Waals surface area contributed by atoms with Gasteiger partial charge in [0, 0.05) is 16.7 Å². The molecule has 2 amide bonds. The van der Waals surface area contributed by atoms with Crippen molar-refractivity contribution in [2.45, 2.75) is 6.92 Å². The van der Waals surface area contributed by atoms with Crippen molar-refractivity contribution in [2.75, 3.05) is 13.2 Å². The summed E-state index contributed by atoms with van der Waals surface area (Å²) < 4.78 is 5.33. The SMILES string of the molecule is CCOc1ccc(C(=O)NCC#Cc2ccc(C(N)=O)cc2)cc1. The number of ether oxygens (including phenoxy) is 1. The summed E-state index contributed by atoms with van der Waals surface area (Å²) in [4.78, 5) is 22.9. The molecule has 24 heavy (non-hydrogen) atoms. The zero-order valence-corrected chi connectivity index (χ0v) is 13.3. The third-order valence-electron chi connectivity index (χ3n) is 3.17. The van der Waals surface area contributed by atoms with Crippen molar-refractivity contribution >= 4 is 11.8 Å². The molecular weight excluding hydrogens is 304 g/mol. The predicted octanol–water partition coefficient (Wildman–Crippen LogP) is 1.97. The Balaban J connectivity index is 1.87. The van der Waals surface area contributed by atoms with Crippen molar-refractivity contribution in [3.63, 3.8) is 0 Å². The number of nitrogens with two attached hydrogens (primary N) is 1. The van der Waals surface area contributed by atoms with Crippen molar-refractivity contribution in [3.05, 3.63) is 65.2 Å². The molecule has 0 aliphatic rings. The molecule has 0 saturated heterocycles.